The zero-order chi connectivity index (χ0) is 14.5. The van der Waals surface area contributed by atoms with Gasteiger partial charge in [-0.05, 0) is 26.0 Å². The van der Waals surface area contributed by atoms with Crippen LogP contribution in [0.4, 0.5) is 0 Å². The van der Waals surface area contributed by atoms with Gasteiger partial charge in [0.05, 0.1) is 12.2 Å². The van der Waals surface area contributed by atoms with Gasteiger partial charge in [0.15, 0.2) is 0 Å². The van der Waals surface area contributed by atoms with Gasteiger partial charge in [0.2, 0.25) is 5.91 Å². The monoisotopic (exact) mass is 274 g/mol. The maximum atomic E-state index is 11.9. The fourth-order valence-electron chi connectivity index (χ4n) is 1.87. The van der Waals surface area contributed by atoms with Crippen molar-refractivity contribution < 1.29 is 4.79 Å². The Labute approximate surface area is 116 Å². The van der Waals surface area contributed by atoms with E-state index in [1.807, 2.05) is 19.9 Å². The third-order valence-corrected chi connectivity index (χ3v) is 2.67. The number of hydrogen-bond donors (Lipinski definition) is 2. The van der Waals surface area contributed by atoms with Crippen molar-refractivity contribution in [1.29, 1.82) is 0 Å². The smallest absolute Gasteiger partial charge is 0.258 e. The SMILES string of the molecule is CC(C)NC(=O)CNCc1cc(=O)n2ccccc2n1. The first-order valence-corrected chi connectivity index (χ1v) is 6.53. The Bertz CT molecular complexity index is 664. The Hall–Kier alpha value is -2.21. The number of rotatable bonds is 5. The number of carbonyl (C=O) groups is 1. The van der Waals surface area contributed by atoms with Crippen LogP contribution < -0.4 is 16.2 Å². The predicted molar refractivity (Wildman–Crippen MR) is 76.4 cm³/mol. The Morgan fingerprint density at radius 2 is 2.20 bits per heavy atom. The van der Waals surface area contributed by atoms with E-state index in [-0.39, 0.29) is 24.1 Å². The van der Waals surface area contributed by atoms with Crippen molar-refractivity contribution in [3.63, 3.8) is 0 Å². The normalized spacial score (nSPS) is 10.9. The number of amides is 1. The fourth-order valence-corrected chi connectivity index (χ4v) is 1.87. The number of carbonyl (C=O) groups excluding carboxylic acids is 1. The van der Waals surface area contributed by atoms with Gasteiger partial charge >= 0.3 is 0 Å². The van der Waals surface area contributed by atoms with Gasteiger partial charge in [-0.1, -0.05) is 6.07 Å². The molecule has 0 aliphatic carbocycles. The zero-order valence-corrected chi connectivity index (χ0v) is 11.6. The third kappa shape index (κ3) is 3.64. The summed E-state index contributed by atoms with van der Waals surface area (Å²) in [5.74, 6) is -0.0717. The molecule has 0 atom stereocenters. The molecule has 6 heteroatoms. The summed E-state index contributed by atoms with van der Waals surface area (Å²) in [5, 5.41) is 5.76. The van der Waals surface area contributed by atoms with Crippen LogP contribution in [0, 0.1) is 0 Å². The molecule has 0 bridgehead atoms. The summed E-state index contributed by atoms with van der Waals surface area (Å²) in [4.78, 5) is 27.7. The topological polar surface area (TPSA) is 75.5 Å². The standard InChI is InChI=1S/C14H18N4O2/c1-10(2)16-13(19)9-15-8-11-7-14(20)18-6-4-3-5-12(18)17-11/h3-7,10,15H,8-9H2,1-2H3,(H,16,19). The lowest BCUT2D eigenvalue weighted by Gasteiger charge is -2.09. The summed E-state index contributed by atoms with van der Waals surface area (Å²) >= 11 is 0. The van der Waals surface area contributed by atoms with E-state index in [9.17, 15) is 9.59 Å². The molecule has 0 spiro atoms. The first-order valence-electron chi connectivity index (χ1n) is 6.53. The molecule has 2 aromatic heterocycles. The summed E-state index contributed by atoms with van der Waals surface area (Å²) in [5.41, 5.74) is 1.10. The number of nitrogens with zero attached hydrogens (tertiary/aromatic N) is 2. The molecular weight excluding hydrogens is 256 g/mol. The molecule has 0 aromatic carbocycles. The van der Waals surface area contributed by atoms with Crippen molar-refractivity contribution in [3.8, 4) is 0 Å². The van der Waals surface area contributed by atoms with Crippen LogP contribution in [-0.2, 0) is 11.3 Å². The third-order valence-electron chi connectivity index (χ3n) is 2.67. The van der Waals surface area contributed by atoms with Gasteiger partial charge in [0.25, 0.3) is 5.56 Å². The highest BCUT2D eigenvalue weighted by atomic mass is 16.2. The van der Waals surface area contributed by atoms with Crippen LogP contribution in [0.25, 0.3) is 5.65 Å². The molecule has 106 valence electrons. The van der Waals surface area contributed by atoms with Gasteiger partial charge in [-0.3, -0.25) is 14.0 Å². The van der Waals surface area contributed by atoms with Crippen LogP contribution in [0.15, 0.2) is 35.3 Å². The van der Waals surface area contributed by atoms with Crippen molar-refractivity contribution in [2.24, 2.45) is 0 Å². The van der Waals surface area contributed by atoms with Crippen molar-refractivity contribution >= 4 is 11.6 Å². The summed E-state index contributed by atoms with van der Waals surface area (Å²) in [6.45, 7) is 4.40. The first kappa shape index (κ1) is 14.2. The summed E-state index contributed by atoms with van der Waals surface area (Å²) < 4.78 is 1.48. The lowest BCUT2D eigenvalue weighted by molar-refractivity contribution is -0.120. The van der Waals surface area contributed by atoms with Gasteiger partial charge in [-0.15, -0.1) is 0 Å². The Morgan fingerprint density at radius 1 is 1.40 bits per heavy atom. The molecule has 20 heavy (non-hydrogen) atoms. The maximum absolute atomic E-state index is 11.9. The number of fused-ring (bicyclic) bond motifs is 1. The quantitative estimate of drug-likeness (QED) is 0.823. The molecule has 2 N–H and O–H groups in total. The molecule has 0 radical (unpaired) electrons. The molecule has 0 saturated carbocycles. The predicted octanol–water partition coefficient (Wildman–Crippen LogP) is 0.309. The molecule has 0 aliphatic heterocycles. The van der Waals surface area contributed by atoms with Crippen LogP contribution in [0.2, 0.25) is 0 Å². The Morgan fingerprint density at radius 3 is 2.95 bits per heavy atom. The molecule has 0 aliphatic rings. The molecule has 2 aromatic rings. The number of hydrogen-bond acceptors (Lipinski definition) is 4. The molecule has 0 saturated heterocycles. The van der Waals surface area contributed by atoms with E-state index < -0.39 is 0 Å². The molecular formula is C14H18N4O2. The largest absolute Gasteiger partial charge is 0.353 e. The van der Waals surface area contributed by atoms with Crippen molar-refractivity contribution in [1.82, 2.24) is 20.0 Å². The number of aromatic nitrogens is 2. The van der Waals surface area contributed by atoms with Crippen LogP contribution in [0.5, 0.6) is 0 Å². The van der Waals surface area contributed by atoms with E-state index in [1.54, 1.807) is 18.3 Å². The van der Waals surface area contributed by atoms with E-state index in [0.29, 0.717) is 17.9 Å². The lowest BCUT2D eigenvalue weighted by atomic mass is 10.3. The second-order valence-electron chi connectivity index (χ2n) is 4.84. The number of pyridine rings is 1. The molecule has 0 fully saturated rings. The van der Waals surface area contributed by atoms with E-state index in [2.05, 4.69) is 15.6 Å². The highest BCUT2D eigenvalue weighted by Gasteiger charge is 2.04. The highest BCUT2D eigenvalue weighted by molar-refractivity contribution is 5.78. The Balaban J connectivity index is 2.00. The maximum Gasteiger partial charge on any atom is 0.258 e. The Kier molecular flexibility index (Phi) is 4.47. The van der Waals surface area contributed by atoms with Gasteiger partial charge in [-0.2, -0.15) is 0 Å². The number of nitrogens with one attached hydrogen (secondary N) is 2. The average Bonchev–Trinajstić information content (AvgIpc) is 2.38. The molecule has 2 rings (SSSR count). The van der Waals surface area contributed by atoms with Crippen LogP contribution >= 0.6 is 0 Å². The van der Waals surface area contributed by atoms with E-state index in [0.717, 1.165) is 0 Å². The second kappa shape index (κ2) is 6.29. The first-order chi connectivity index (χ1) is 9.56. The van der Waals surface area contributed by atoms with Crippen molar-refractivity contribution in [2.45, 2.75) is 26.4 Å². The minimum atomic E-state index is -0.126. The molecule has 2 heterocycles. The van der Waals surface area contributed by atoms with E-state index >= 15 is 0 Å². The summed E-state index contributed by atoms with van der Waals surface area (Å²) in [6.07, 6.45) is 1.68. The van der Waals surface area contributed by atoms with Crippen molar-refractivity contribution in [2.75, 3.05) is 6.54 Å². The molecule has 0 unspecified atom stereocenters. The lowest BCUT2D eigenvalue weighted by Crippen LogP contribution is -2.37. The fraction of sp³-hybridized carbons (Fsp3) is 0.357. The van der Waals surface area contributed by atoms with Gasteiger partial charge in [-0.25, -0.2) is 4.98 Å². The van der Waals surface area contributed by atoms with E-state index in [1.165, 1.54) is 10.5 Å². The van der Waals surface area contributed by atoms with Crippen LogP contribution in [-0.4, -0.2) is 27.9 Å². The minimum absolute atomic E-state index is 0.0717. The molecule has 6 nitrogen and oxygen atoms in total. The average molecular weight is 274 g/mol. The van der Waals surface area contributed by atoms with Gasteiger partial charge in [0.1, 0.15) is 5.65 Å². The zero-order valence-electron chi connectivity index (χ0n) is 11.6. The summed E-state index contributed by atoms with van der Waals surface area (Å²) in [6, 6.07) is 6.98. The van der Waals surface area contributed by atoms with Crippen LogP contribution in [0.1, 0.15) is 19.5 Å². The second-order valence-corrected chi connectivity index (χ2v) is 4.84. The van der Waals surface area contributed by atoms with Gasteiger partial charge < -0.3 is 10.6 Å². The van der Waals surface area contributed by atoms with E-state index in [4.69, 9.17) is 0 Å². The van der Waals surface area contributed by atoms with Crippen LogP contribution in [0.3, 0.4) is 0 Å². The minimum Gasteiger partial charge on any atom is -0.353 e. The molecule has 1 amide bonds. The highest BCUT2D eigenvalue weighted by Crippen LogP contribution is 1.98. The van der Waals surface area contributed by atoms with Gasteiger partial charge in [0, 0.05) is 24.8 Å². The summed E-state index contributed by atoms with van der Waals surface area (Å²) in [7, 11) is 0. The van der Waals surface area contributed by atoms with Crippen molar-refractivity contribution in [3.05, 3.63) is 46.5 Å².